The van der Waals surface area contributed by atoms with Gasteiger partial charge in [0, 0.05) is 16.6 Å². The van der Waals surface area contributed by atoms with Crippen LogP contribution in [0.5, 0.6) is 0 Å². The second-order valence-corrected chi connectivity index (χ2v) is 5.83. The van der Waals surface area contributed by atoms with Gasteiger partial charge in [-0.25, -0.2) is 0 Å². The molecule has 0 bridgehead atoms. The Morgan fingerprint density at radius 1 is 1.19 bits per heavy atom. The number of nitrogens with zero attached hydrogens (tertiary/aromatic N) is 2. The Kier molecular flexibility index (Phi) is 3.75. The number of halogens is 1. The smallest absolute Gasteiger partial charge is 0.260 e. The van der Waals surface area contributed by atoms with E-state index in [2.05, 4.69) is 51.2 Å². The number of rotatable bonds is 3. The van der Waals surface area contributed by atoms with Gasteiger partial charge in [0.1, 0.15) is 0 Å². The number of aromatic nitrogens is 2. The van der Waals surface area contributed by atoms with Crippen molar-refractivity contribution in [1.29, 1.82) is 0 Å². The van der Waals surface area contributed by atoms with Crippen molar-refractivity contribution in [3.05, 3.63) is 63.9 Å². The molecule has 3 rings (SSSR count). The summed E-state index contributed by atoms with van der Waals surface area (Å²) in [5, 5.41) is 4.03. The molecule has 2 aromatic carbocycles. The lowest BCUT2D eigenvalue weighted by atomic mass is 10.1. The van der Waals surface area contributed by atoms with E-state index in [9.17, 15) is 0 Å². The van der Waals surface area contributed by atoms with E-state index < -0.39 is 0 Å². The molecule has 1 heterocycles. The molecule has 0 atom stereocenters. The fraction of sp³-hybridized carbons (Fsp3) is 0.125. The molecule has 0 aliphatic carbocycles. The van der Waals surface area contributed by atoms with Crippen LogP contribution < -0.4 is 5.73 Å². The van der Waals surface area contributed by atoms with Crippen molar-refractivity contribution in [2.24, 2.45) is 0 Å². The van der Waals surface area contributed by atoms with Crippen molar-refractivity contribution in [3.8, 4) is 11.5 Å². The summed E-state index contributed by atoms with van der Waals surface area (Å²) >= 11 is 3.38. The van der Waals surface area contributed by atoms with Gasteiger partial charge in [0.2, 0.25) is 0 Å². The first-order chi connectivity index (χ1) is 10.1. The maximum absolute atomic E-state index is 5.98. The van der Waals surface area contributed by atoms with Crippen molar-refractivity contribution in [2.45, 2.75) is 13.3 Å². The van der Waals surface area contributed by atoms with Gasteiger partial charge in [0.15, 0.2) is 5.82 Å². The molecule has 0 amide bonds. The third kappa shape index (κ3) is 3.13. The predicted molar refractivity (Wildman–Crippen MR) is 85.8 cm³/mol. The van der Waals surface area contributed by atoms with Gasteiger partial charge in [0.25, 0.3) is 5.89 Å². The standard InChI is InChI=1S/C16H14BrN3O/c1-10-3-2-4-11(7-10)8-15-19-16(21-20-15)13-6-5-12(17)9-14(13)18/h2-7,9H,8,18H2,1H3. The minimum absolute atomic E-state index is 0.447. The number of anilines is 1. The number of hydrogen-bond donors (Lipinski definition) is 1. The Hall–Kier alpha value is -2.14. The average molecular weight is 344 g/mol. The molecule has 4 nitrogen and oxygen atoms in total. The Morgan fingerprint density at radius 2 is 2.05 bits per heavy atom. The number of hydrogen-bond acceptors (Lipinski definition) is 4. The van der Waals surface area contributed by atoms with Gasteiger partial charge < -0.3 is 10.3 Å². The summed E-state index contributed by atoms with van der Waals surface area (Å²) in [6, 6.07) is 13.8. The van der Waals surface area contributed by atoms with E-state index in [1.54, 1.807) is 0 Å². The second-order valence-electron chi connectivity index (χ2n) is 4.91. The molecule has 0 spiro atoms. The molecule has 106 valence electrons. The largest absolute Gasteiger partial charge is 0.398 e. The Balaban J connectivity index is 1.86. The highest BCUT2D eigenvalue weighted by molar-refractivity contribution is 9.10. The highest BCUT2D eigenvalue weighted by Crippen LogP contribution is 2.27. The van der Waals surface area contributed by atoms with E-state index in [1.807, 2.05) is 24.3 Å². The number of benzene rings is 2. The lowest BCUT2D eigenvalue weighted by Crippen LogP contribution is -1.92. The molecule has 0 saturated carbocycles. The molecule has 3 aromatic rings. The lowest BCUT2D eigenvalue weighted by Gasteiger charge is -2.00. The summed E-state index contributed by atoms with van der Waals surface area (Å²) in [4.78, 5) is 4.42. The zero-order chi connectivity index (χ0) is 14.8. The van der Waals surface area contributed by atoms with Crippen LogP contribution in [0.25, 0.3) is 11.5 Å². The van der Waals surface area contributed by atoms with E-state index in [0.29, 0.717) is 23.8 Å². The number of nitrogens with two attached hydrogens (primary N) is 1. The first-order valence-corrected chi connectivity index (χ1v) is 7.34. The molecule has 0 aliphatic heterocycles. The van der Waals surface area contributed by atoms with Gasteiger partial charge in [-0.3, -0.25) is 0 Å². The van der Waals surface area contributed by atoms with Crippen LogP contribution in [0.15, 0.2) is 51.5 Å². The Labute approximate surface area is 131 Å². The average Bonchev–Trinajstić information content (AvgIpc) is 2.87. The van der Waals surface area contributed by atoms with Crippen LogP contribution >= 0.6 is 15.9 Å². The zero-order valence-electron chi connectivity index (χ0n) is 11.5. The summed E-state index contributed by atoms with van der Waals surface area (Å²) in [6.07, 6.45) is 0.640. The topological polar surface area (TPSA) is 64.9 Å². The molecule has 0 unspecified atom stereocenters. The van der Waals surface area contributed by atoms with Crippen molar-refractivity contribution in [2.75, 3.05) is 5.73 Å². The summed E-state index contributed by atoms with van der Waals surface area (Å²) in [5.74, 6) is 1.10. The fourth-order valence-corrected chi connectivity index (χ4v) is 2.55. The molecule has 0 aliphatic rings. The van der Waals surface area contributed by atoms with Gasteiger partial charge in [-0.15, -0.1) is 0 Å². The van der Waals surface area contributed by atoms with Crippen LogP contribution in [0.1, 0.15) is 17.0 Å². The molecule has 21 heavy (non-hydrogen) atoms. The van der Waals surface area contributed by atoms with Gasteiger partial charge in [0.05, 0.1) is 5.56 Å². The van der Waals surface area contributed by atoms with Gasteiger partial charge in [-0.05, 0) is 30.7 Å². The molecule has 1 aromatic heterocycles. The molecule has 5 heteroatoms. The third-order valence-corrected chi connectivity index (χ3v) is 3.65. The van der Waals surface area contributed by atoms with E-state index >= 15 is 0 Å². The monoisotopic (exact) mass is 343 g/mol. The van der Waals surface area contributed by atoms with Gasteiger partial charge in [-0.1, -0.05) is 50.9 Å². The highest BCUT2D eigenvalue weighted by Gasteiger charge is 2.12. The lowest BCUT2D eigenvalue weighted by molar-refractivity contribution is 0.424. The molecule has 0 saturated heterocycles. The van der Waals surface area contributed by atoms with Gasteiger partial charge in [-0.2, -0.15) is 4.98 Å². The van der Waals surface area contributed by atoms with E-state index in [1.165, 1.54) is 5.56 Å². The molecule has 0 radical (unpaired) electrons. The fourth-order valence-electron chi connectivity index (χ4n) is 2.17. The zero-order valence-corrected chi connectivity index (χ0v) is 13.1. The van der Waals surface area contributed by atoms with Crippen LogP contribution in [0.2, 0.25) is 0 Å². The quantitative estimate of drug-likeness (QED) is 0.730. The molecule has 0 fully saturated rings. The molecular weight excluding hydrogens is 330 g/mol. The molecule has 2 N–H and O–H groups in total. The normalized spacial score (nSPS) is 10.8. The van der Waals surface area contributed by atoms with E-state index in [0.717, 1.165) is 15.6 Å². The minimum atomic E-state index is 0.447. The molecular formula is C16H14BrN3O. The number of aryl methyl sites for hydroxylation is 1. The summed E-state index contributed by atoms with van der Waals surface area (Å²) in [7, 11) is 0. The van der Waals surface area contributed by atoms with Crippen molar-refractivity contribution < 1.29 is 4.52 Å². The van der Waals surface area contributed by atoms with Crippen molar-refractivity contribution >= 4 is 21.6 Å². The van der Waals surface area contributed by atoms with Crippen LogP contribution in [-0.2, 0) is 6.42 Å². The maximum Gasteiger partial charge on any atom is 0.260 e. The summed E-state index contributed by atoms with van der Waals surface area (Å²) in [5.41, 5.74) is 9.71. The van der Waals surface area contributed by atoms with E-state index in [-0.39, 0.29) is 0 Å². The van der Waals surface area contributed by atoms with Crippen molar-refractivity contribution in [3.63, 3.8) is 0 Å². The van der Waals surface area contributed by atoms with E-state index in [4.69, 9.17) is 10.3 Å². The minimum Gasteiger partial charge on any atom is -0.398 e. The van der Waals surface area contributed by atoms with Crippen molar-refractivity contribution in [1.82, 2.24) is 10.1 Å². The predicted octanol–water partition coefficient (Wildman–Crippen LogP) is 3.98. The van der Waals surface area contributed by atoms with Crippen LogP contribution in [0.4, 0.5) is 5.69 Å². The Morgan fingerprint density at radius 3 is 2.81 bits per heavy atom. The maximum atomic E-state index is 5.98. The first kappa shape index (κ1) is 13.8. The number of nitrogen functional groups attached to an aromatic ring is 1. The second kappa shape index (κ2) is 5.69. The third-order valence-electron chi connectivity index (χ3n) is 3.16. The van der Waals surface area contributed by atoms with Gasteiger partial charge >= 0.3 is 0 Å². The first-order valence-electron chi connectivity index (χ1n) is 6.55. The highest BCUT2D eigenvalue weighted by atomic mass is 79.9. The summed E-state index contributed by atoms with van der Waals surface area (Å²) < 4.78 is 6.24. The SMILES string of the molecule is Cc1cccc(Cc2noc(-c3ccc(Br)cc3N)n2)c1. The Bertz CT molecular complexity index is 783. The van der Waals surface area contributed by atoms with Crippen LogP contribution in [0, 0.1) is 6.92 Å². The van der Waals surface area contributed by atoms with Crippen LogP contribution in [-0.4, -0.2) is 10.1 Å². The van der Waals surface area contributed by atoms with Crippen LogP contribution in [0.3, 0.4) is 0 Å². The summed E-state index contributed by atoms with van der Waals surface area (Å²) in [6.45, 7) is 2.06.